The third kappa shape index (κ3) is 4.91. The number of nitrogens with one attached hydrogen (secondary N) is 1. The van der Waals surface area contributed by atoms with Crippen LogP contribution in [0.25, 0.3) is 0 Å². The van der Waals surface area contributed by atoms with Gasteiger partial charge in [-0.1, -0.05) is 0 Å². The zero-order valence-electron chi connectivity index (χ0n) is 10.7. The number of rotatable bonds is 5. The van der Waals surface area contributed by atoms with Crippen LogP contribution in [0.5, 0.6) is 5.75 Å². The molecule has 0 aromatic heterocycles. The van der Waals surface area contributed by atoms with Gasteiger partial charge in [0.15, 0.2) is 5.78 Å². The Labute approximate surface area is 113 Å². The molecule has 0 unspecified atom stereocenters. The Balaban J connectivity index is 2.45. The van der Waals surface area contributed by atoms with E-state index < -0.39 is 18.1 Å². The van der Waals surface area contributed by atoms with Crippen LogP contribution in [0.1, 0.15) is 30.1 Å². The molecule has 1 aromatic rings. The van der Waals surface area contributed by atoms with Crippen LogP contribution in [0.15, 0.2) is 24.3 Å². The van der Waals surface area contributed by atoms with Crippen molar-refractivity contribution in [1.82, 2.24) is 5.32 Å². The maximum atomic E-state index is 12.0. The van der Waals surface area contributed by atoms with Crippen LogP contribution in [-0.4, -0.2) is 29.0 Å². The summed E-state index contributed by atoms with van der Waals surface area (Å²) < 4.78 is 36.0. The first-order valence-electron chi connectivity index (χ1n) is 5.90. The van der Waals surface area contributed by atoms with Gasteiger partial charge < -0.3 is 10.4 Å². The summed E-state index contributed by atoms with van der Waals surface area (Å²) in [5.74, 6) is -2.26. The lowest BCUT2D eigenvalue weighted by molar-refractivity contribution is -0.174. The molecule has 7 heteroatoms. The van der Waals surface area contributed by atoms with E-state index in [4.69, 9.17) is 5.11 Å². The zero-order valence-corrected chi connectivity index (χ0v) is 10.7. The molecular formula is C13H14F3NO3. The van der Waals surface area contributed by atoms with Gasteiger partial charge in [-0.25, -0.2) is 0 Å². The van der Waals surface area contributed by atoms with Crippen LogP contribution < -0.4 is 5.32 Å². The molecule has 4 nitrogen and oxygen atoms in total. The lowest BCUT2D eigenvalue weighted by atomic mass is 10.0. The number of ketones is 1. The fraction of sp³-hybridized carbons (Fsp3) is 0.385. The van der Waals surface area contributed by atoms with Crippen molar-refractivity contribution in [2.45, 2.75) is 32.0 Å². The van der Waals surface area contributed by atoms with Crippen molar-refractivity contribution >= 4 is 11.7 Å². The number of benzene rings is 1. The first kappa shape index (κ1) is 16.0. The Hall–Kier alpha value is -2.05. The highest BCUT2D eigenvalue weighted by molar-refractivity contribution is 5.96. The van der Waals surface area contributed by atoms with Crippen LogP contribution >= 0.6 is 0 Å². The van der Waals surface area contributed by atoms with E-state index >= 15 is 0 Å². The molecule has 0 aliphatic rings. The van der Waals surface area contributed by atoms with E-state index in [1.54, 1.807) is 5.32 Å². The molecule has 0 heterocycles. The van der Waals surface area contributed by atoms with E-state index in [2.05, 4.69) is 0 Å². The number of phenols is 1. The van der Waals surface area contributed by atoms with Gasteiger partial charge in [-0.05, 0) is 37.6 Å². The Morgan fingerprint density at radius 1 is 1.25 bits per heavy atom. The van der Waals surface area contributed by atoms with Crippen LogP contribution in [0.4, 0.5) is 13.2 Å². The van der Waals surface area contributed by atoms with Crippen LogP contribution in [-0.2, 0) is 4.79 Å². The van der Waals surface area contributed by atoms with Gasteiger partial charge in [0.05, 0.1) is 0 Å². The molecule has 1 atom stereocenters. The molecule has 0 fully saturated rings. The second-order valence-electron chi connectivity index (χ2n) is 4.38. The number of Topliss-reactive ketones (excluding diaryl/α,β-unsaturated/α-hetero) is 1. The van der Waals surface area contributed by atoms with E-state index in [-0.39, 0.29) is 24.4 Å². The van der Waals surface area contributed by atoms with Gasteiger partial charge in [-0.2, -0.15) is 13.2 Å². The largest absolute Gasteiger partial charge is 0.508 e. The number of hydrogen-bond donors (Lipinski definition) is 2. The molecule has 2 N–H and O–H groups in total. The van der Waals surface area contributed by atoms with Crippen molar-refractivity contribution in [2.24, 2.45) is 0 Å². The Morgan fingerprint density at radius 3 is 2.30 bits per heavy atom. The average molecular weight is 289 g/mol. The number of carbonyl (C=O) groups excluding carboxylic acids is 2. The number of alkyl halides is 3. The molecule has 0 saturated carbocycles. The molecule has 20 heavy (non-hydrogen) atoms. The maximum Gasteiger partial charge on any atom is 0.471 e. The van der Waals surface area contributed by atoms with E-state index in [0.717, 1.165) is 0 Å². The lowest BCUT2D eigenvalue weighted by Crippen LogP contribution is -2.41. The Bertz CT molecular complexity index is 483. The highest BCUT2D eigenvalue weighted by Gasteiger charge is 2.39. The lowest BCUT2D eigenvalue weighted by Gasteiger charge is -2.14. The summed E-state index contributed by atoms with van der Waals surface area (Å²) in [7, 11) is 0. The third-order valence-corrected chi connectivity index (χ3v) is 2.63. The predicted octanol–water partition coefficient (Wildman–Crippen LogP) is 2.42. The molecule has 0 saturated heterocycles. The molecule has 0 aliphatic heterocycles. The number of phenolic OH excluding ortho intramolecular Hbond substituents is 1. The molecule has 0 aliphatic carbocycles. The first-order chi connectivity index (χ1) is 9.20. The van der Waals surface area contributed by atoms with Gasteiger partial charge >= 0.3 is 12.1 Å². The topological polar surface area (TPSA) is 66.4 Å². The predicted molar refractivity (Wildman–Crippen MR) is 65.3 cm³/mol. The van der Waals surface area contributed by atoms with Crippen molar-refractivity contribution in [2.75, 3.05) is 0 Å². The molecule has 110 valence electrons. The van der Waals surface area contributed by atoms with Gasteiger partial charge in [-0.3, -0.25) is 9.59 Å². The highest BCUT2D eigenvalue weighted by Crippen LogP contribution is 2.16. The average Bonchev–Trinajstić information content (AvgIpc) is 2.35. The van der Waals surface area contributed by atoms with Gasteiger partial charge in [-0.15, -0.1) is 0 Å². The van der Waals surface area contributed by atoms with Gasteiger partial charge in [0.25, 0.3) is 0 Å². The van der Waals surface area contributed by atoms with Crippen molar-refractivity contribution in [3.8, 4) is 5.75 Å². The van der Waals surface area contributed by atoms with E-state index in [1.807, 2.05) is 0 Å². The Kier molecular flexibility index (Phi) is 5.12. The van der Waals surface area contributed by atoms with Crippen molar-refractivity contribution in [1.29, 1.82) is 0 Å². The summed E-state index contributed by atoms with van der Waals surface area (Å²) in [6.45, 7) is 1.40. The SMILES string of the molecule is C[C@H](CCC(=O)c1ccc(O)cc1)NC(=O)C(F)(F)F. The van der Waals surface area contributed by atoms with Gasteiger partial charge in [0, 0.05) is 18.0 Å². The van der Waals surface area contributed by atoms with Crippen LogP contribution in [0.2, 0.25) is 0 Å². The minimum Gasteiger partial charge on any atom is -0.508 e. The number of aromatic hydroxyl groups is 1. The first-order valence-corrected chi connectivity index (χ1v) is 5.90. The number of carbonyl (C=O) groups is 2. The Morgan fingerprint density at radius 2 is 1.80 bits per heavy atom. The second-order valence-corrected chi connectivity index (χ2v) is 4.38. The highest BCUT2D eigenvalue weighted by atomic mass is 19.4. The normalized spacial score (nSPS) is 12.8. The van der Waals surface area contributed by atoms with Crippen molar-refractivity contribution in [3.63, 3.8) is 0 Å². The van der Waals surface area contributed by atoms with Crippen molar-refractivity contribution in [3.05, 3.63) is 29.8 Å². The summed E-state index contributed by atoms with van der Waals surface area (Å²) in [4.78, 5) is 22.4. The fourth-order valence-electron chi connectivity index (χ4n) is 1.52. The van der Waals surface area contributed by atoms with Crippen LogP contribution in [0.3, 0.4) is 0 Å². The standard InChI is InChI=1S/C13H14F3NO3/c1-8(17-12(20)13(14,15)16)2-7-11(19)9-3-5-10(18)6-4-9/h3-6,8,18H,2,7H2,1H3,(H,17,20)/t8-/m1/s1. The van der Waals surface area contributed by atoms with Gasteiger partial charge in [0.2, 0.25) is 0 Å². The molecule has 1 aromatic carbocycles. The minimum atomic E-state index is -4.92. The summed E-state index contributed by atoms with van der Waals surface area (Å²) in [6.07, 6.45) is -4.82. The smallest absolute Gasteiger partial charge is 0.471 e. The molecule has 1 amide bonds. The van der Waals surface area contributed by atoms with Crippen molar-refractivity contribution < 1.29 is 27.9 Å². The zero-order chi connectivity index (χ0) is 15.3. The minimum absolute atomic E-state index is 0.00405. The van der Waals surface area contributed by atoms with E-state index in [0.29, 0.717) is 5.56 Å². The third-order valence-electron chi connectivity index (χ3n) is 2.63. The second kappa shape index (κ2) is 6.40. The molecule has 0 radical (unpaired) electrons. The molecule has 1 rings (SSSR count). The van der Waals surface area contributed by atoms with Crippen LogP contribution in [0, 0.1) is 0 Å². The number of hydrogen-bond acceptors (Lipinski definition) is 3. The van der Waals surface area contributed by atoms with Gasteiger partial charge in [0.1, 0.15) is 5.75 Å². The summed E-state index contributed by atoms with van der Waals surface area (Å²) in [6, 6.07) is 4.79. The summed E-state index contributed by atoms with van der Waals surface area (Å²) >= 11 is 0. The number of halogens is 3. The molecule has 0 bridgehead atoms. The summed E-state index contributed by atoms with van der Waals surface area (Å²) in [5, 5.41) is 10.8. The maximum absolute atomic E-state index is 12.0. The summed E-state index contributed by atoms with van der Waals surface area (Å²) in [5.41, 5.74) is 0.358. The molecular weight excluding hydrogens is 275 g/mol. The quantitative estimate of drug-likeness (QED) is 0.818. The monoisotopic (exact) mass is 289 g/mol. The van der Waals surface area contributed by atoms with E-state index in [1.165, 1.54) is 31.2 Å². The number of amides is 1. The fourth-order valence-corrected chi connectivity index (χ4v) is 1.52. The van der Waals surface area contributed by atoms with E-state index in [9.17, 15) is 22.8 Å². The molecule has 0 spiro atoms.